The van der Waals surface area contributed by atoms with Crippen molar-refractivity contribution in [3.05, 3.63) is 35.5 Å². The van der Waals surface area contributed by atoms with Gasteiger partial charge in [0, 0.05) is 48.7 Å². The lowest BCUT2D eigenvalue weighted by atomic mass is 10.2. The predicted molar refractivity (Wildman–Crippen MR) is 76.3 cm³/mol. The van der Waals surface area contributed by atoms with Gasteiger partial charge in [-0.15, -0.1) is 0 Å². The smallest absolute Gasteiger partial charge is 0.224 e. The minimum atomic E-state index is -0.00676. The van der Waals surface area contributed by atoms with Crippen LogP contribution < -0.4 is 0 Å². The van der Waals surface area contributed by atoms with E-state index in [0.29, 0.717) is 24.5 Å². The molecule has 0 aliphatic heterocycles. The number of carbonyl (C=O) groups is 1. The molecule has 0 fully saturated rings. The molecule has 5 heteroatoms. The Morgan fingerprint density at radius 1 is 1.42 bits per heavy atom. The standard InChI is InChI=1S/C14H17ClN2O2/c1-16(8-9-18)14(19)5-7-17-6-4-11-10-12(15)2-3-13(11)17/h2-4,6,10,18H,5,7-9H2,1H3. The van der Waals surface area contributed by atoms with Crippen LogP contribution in [0.2, 0.25) is 5.02 Å². The number of aromatic nitrogens is 1. The van der Waals surface area contributed by atoms with E-state index in [1.165, 1.54) is 0 Å². The van der Waals surface area contributed by atoms with Crippen molar-refractivity contribution in [3.63, 3.8) is 0 Å². The number of fused-ring (bicyclic) bond motifs is 1. The lowest BCUT2D eigenvalue weighted by Gasteiger charge is -2.15. The molecule has 2 aromatic rings. The molecule has 102 valence electrons. The zero-order valence-electron chi connectivity index (χ0n) is 10.8. The van der Waals surface area contributed by atoms with Crippen LogP contribution in [0, 0.1) is 0 Å². The monoisotopic (exact) mass is 280 g/mol. The first-order chi connectivity index (χ1) is 9.11. The highest BCUT2D eigenvalue weighted by Crippen LogP contribution is 2.20. The first-order valence-corrected chi connectivity index (χ1v) is 6.59. The second-order valence-electron chi connectivity index (χ2n) is 4.50. The number of nitrogens with zero attached hydrogens (tertiary/aromatic N) is 2. The summed E-state index contributed by atoms with van der Waals surface area (Å²) in [4.78, 5) is 13.3. The summed E-state index contributed by atoms with van der Waals surface area (Å²) >= 11 is 5.94. The summed E-state index contributed by atoms with van der Waals surface area (Å²) in [6.07, 6.45) is 2.38. The van der Waals surface area contributed by atoms with E-state index < -0.39 is 0 Å². The molecule has 0 atom stereocenters. The number of hydrogen-bond acceptors (Lipinski definition) is 2. The van der Waals surface area contributed by atoms with Crippen molar-refractivity contribution in [2.75, 3.05) is 20.2 Å². The van der Waals surface area contributed by atoms with Crippen LogP contribution >= 0.6 is 11.6 Å². The molecule has 0 saturated carbocycles. The summed E-state index contributed by atoms with van der Waals surface area (Å²) < 4.78 is 2.04. The van der Waals surface area contributed by atoms with Gasteiger partial charge in [0.1, 0.15) is 0 Å². The first-order valence-electron chi connectivity index (χ1n) is 6.21. The molecule has 0 unspecified atom stereocenters. The lowest BCUT2D eigenvalue weighted by Crippen LogP contribution is -2.30. The van der Waals surface area contributed by atoms with Crippen LogP contribution in [-0.4, -0.2) is 40.7 Å². The molecule has 19 heavy (non-hydrogen) atoms. The Bertz CT molecular complexity index is 580. The molecule has 0 saturated heterocycles. The molecule has 1 aromatic carbocycles. The minimum Gasteiger partial charge on any atom is -0.395 e. The van der Waals surface area contributed by atoms with Crippen LogP contribution in [0.1, 0.15) is 6.42 Å². The predicted octanol–water partition coefficient (Wildman–Crippen LogP) is 2.14. The maximum absolute atomic E-state index is 11.8. The molecule has 1 heterocycles. The van der Waals surface area contributed by atoms with Gasteiger partial charge in [0.2, 0.25) is 5.91 Å². The van der Waals surface area contributed by atoms with Crippen LogP contribution in [0.25, 0.3) is 10.9 Å². The number of amides is 1. The Morgan fingerprint density at radius 2 is 2.21 bits per heavy atom. The molecule has 0 bridgehead atoms. The van der Waals surface area contributed by atoms with Crippen LogP contribution in [-0.2, 0) is 11.3 Å². The molecule has 2 rings (SSSR count). The average molecular weight is 281 g/mol. The maximum Gasteiger partial charge on any atom is 0.224 e. The Kier molecular flexibility index (Phi) is 4.45. The zero-order valence-corrected chi connectivity index (χ0v) is 11.6. The maximum atomic E-state index is 11.8. The summed E-state index contributed by atoms with van der Waals surface area (Å²) in [5.41, 5.74) is 1.07. The zero-order chi connectivity index (χ0) is 13.8. The number of benzene rings is 1. The lowest BCUT2D eigenvalue weighted by molar-refractivity contribution is -0.130. The van der Waals surface area contributed by atoms with Crippen molar-refractivity contribution < 1.29 is 9.90 Å². The summed E-state index contributed by atoms with van der Waals surface area (Å²) in [6.45, 7) is 0.994. The number of likely N-dealkylation sites (N-methyl/N-ethyl adjacent to an activating group) is 1. The van der Waals surface area contributed by atoms with E-state index in [1.807, 2.05) is 35.0 Å². The van der Waals surface area contributed by atoms with E-state index in [9.17, 15) is 4.79 Å². The summed E-state index contributed by atoms with van der Waals surface area (Å²) in [7, 11) is 1.70. The highest BCUT2D eigenvalue weighted by atomic mass is 35.5. The molecule has 1 aromatic heterocycles. The fraction of sp³-hybridized carbons (Fsp3) is 0.357. The third kappa shape index (κ3) is 3.28. The van der Waals surface area contributed by atoms with Crippen molar-refractivity contribution in [2.24, 2.45) is 0 Å². The number of aryl methyl sites for hydroxylation is 1. The molecule has 0 radical (unpaired) electrons. The average Bonchev–Trinajstić information content (AvgIpc) is 2.78. The molecular weight excluding hydrogens is 264 g/mol. The number of carbonyl (C=O) groups excluding carboxylic acids is 1. The molecule has 0 aliphatic carbocycles. The van der Waals surface area contributed by atoms with Gasteiger partial charge >= 0.3 is 0 Å². The van der Waals surface area contributed by atoms with E-state index in [4.69, 9.17) is 16.7 Å². The highest BCUT2D eigenvalue weighted by Gasteiger charge is 2.09. The van der Waals surface area contributed by atoms with Gasteiger partial charge in [0.05, 0.1) is 6.61 Å². The molecule has 0 aliphatic rings. The quantitative estimate of drug-likeness (QED) is 0.912. The van der Waals surface area contributed by atoms with Crippen molar-refractivity contribution in [1.82, 2.24) is 9.47 Å². The number of aliphatic hydroxyl groups excluding tert-OH is 1. The van der Waals surface area contributed by atoms with Gasteiger partial charge < -0.3 is 14.6 Å². The van der Waals surface area contributed by atoms with Crippen LogP contribution in [0.5, 0.6) is 0 Å². The molecule has 0 spiro atoms. The first kappa shape index (κ1) is 13.9. The summed E-state index contributed by atoms with van der Waals surface area (Å²) in [5.74, 6) is 0.0323. The van der Waals surface area contributed by atoms with Gasteiger partial charge in [-0.3, -0.25) is 4.79 Å². The van der Waals surface area contributed by atoms with E-state index in [0.717, 1.165) is 10.9 Å². The van der Waals surface area contributed by atoms with Gasteiger partial charge in [-0.1, -0.05) is 11.6 Å². The van der Waals surface area contributed by atoms with Gasteiger partial charge in [-0.25, -0.2) is 0 Å². The second kappa shape index (κ2) is 6.08. The van der Waals surface area contributed by atoms with E-state index in [-0.39, 0.29) is 12.5 Å². The van der Waals surface area contributed by atoms with E-state index in [2.05, 4.69) is 0 Å². The number of hydrogen-bond donors (Lipinski definition) is 1. The summed E-state index contributed by atoms with van der Waals surface area (Å²) in [6, 6.07) is 7.70. The third-order valence-corrected chi connectivity index (χ3v) is 3.40. The number of aliphatic hydroxyl groups is 1. The van der Waals surface area contributed by atoms with Crippen LogP contribution in [0.3, 0.4) is 0 Å². The molecule has 1 amide bonds. The normalized spacial score (nSPS) is 10.9. The van der Waals surface area contributed by atoms with Crippen LogP contribution in [0.15, 0.2) is 30.5 Å². The Balaban J connectivity index is 2.04. The fourth-order valence-electron chi connectivity index (χ4n) is 2.05. The highest BCUT2D eigenvalue weighted by molar-refractivity contribution is 6.31. The molecule has 4 nitrogen and oxygen atoms in total. The van der Waals surface area contributed by atoms with E-state index in [1.54, 1.807) is 11.9 Å². The minimum absolute atomic E-state index is 0.00676. The van der Waals surface area contributed by atoms with Crippen molar-refractivity contribution in [2.45, 2.75) is 13.0 Å². The van der Waals surface area contributed by atoms with Crippen molar-refractivity contribution >= 4 is 28.4 Å². The summed E-state index contributed by atoms with van der Waals surface area (Å²) in [5, 5.41) is 10.6. The van der Waals surface area contributed by atoms with Crippen molar-refractivity contribution in [3.8, 4) is 0 Å². The largest absolute Gasteiger partial charge is 0.395 e. The van der Waals surface area contributed by atoms with Crippen LogP contribution in [0.4, 0.5) is 0 Å². The van der Waals surface area contributed by atoms with Gasteiger partial charge in [-0.2, -0.15) is 0 Å². The van der Waals surface area contributed by atoms with E-state index >= 15 is 0 Å². The topological polar surface area (TPSA) is 45.5 Å². The Hall–Kier alpha value is -1.52. The van der Waals surface area contributed by atoms with Gasteiger partial charge in [-0.05, 0) is 24.3 Å². The number of rotatable bonds is 5. The van der Waals surface area contributed by atoms with Gasteiger partial charge in [0.15, 0.2) is 0 Å². The van der Waals surface area contributed by atoms with Crippen molar-refractivity contribution in [1.29, 1.82) is 0 Å². The Morgan fingerprint density at radius 3 is 2.95 bits per heavy atom. The fourth-order valence-corrected chi connectivity index (χ4v) is 2.23. The number of halogens is 1. The Labute approximate surface area is 117 Å². The van der Waals surface area contributed by atoms with Gasteiger partial charge in [0.25, 0.3) is 0 Å². The molecular formula is C14H17ClN2O2. The second-order valence-corrected chi connectivity index (χ2v) is 4.94. The third-order valence-electron chi connectivity index (χ3n) is 3.16. The molecule has 1 N–H and O–H groups in total. The SMILES string of the molecule is CN(CCO)C(=O)CCn1ccc2cc(Cl)ccc21.